The van der Waals surface area contributed by atoms with Gasteiger partial charge in [0.1, 0.15) is 22.3 Å². The van der Waals surface area contributed by atoms with Crippen LogP contribution in [0, 0.1) is 0 Å². The molecule has 0 unspecified atom stereocenters. The minimum Gasteiger partial charge on any atom is -0.455 e. The van der Waals surface area contributed by atoms with Gasteiger partial charge in [-0.15, -0.1) is 11.3 Å². The van der Waals surface area contributed by atoms with Crippen LogP contribution in [0.15, 0.2) is 251 Å². The summed E-state index contributed by atoms with van der Waals surface area (Å²) in [5.74, 6) is 0. The molecule has 75 heavy (non-hydrogen) atoms. The molecule has 0 radical (unpaired) electrons. The topological polar surface area (TPSA) is 26.3 Å². The molecular formula is C72H40O2S. The maximum atomic E-state index is 6.59. The second kappa shape index (κ2) is 15.5. The maximum absolute atomic E-state index is 6.59. The summed E-state index contributed by atoms with van der Waals surface area (Å²) in [5, 5.41) is 21.6. The van der Waals surface area contributed by atoms with Gasteiger partial charge in [-0.3, -0.25) is 0 Å². The summed E-state index contributed by atoms with van der Waals surface area (Å²) in [6.45, 7) is 0. The zero-order valence-electron chi connectivity index (χ0n) is 40.3. The van der Waals surface area contributed by atoms with Crippen molar-refractivity contribution in [3.8, 4) is 44.5 Å². The molecular weight excluding hydrogens is 929 g/mol. The van der Waals surface area contributed by atoms with Gasteiger partial charge in [0.05, 0.1) is 0 Å². The molecule has 3 aromatic heterocycles. The quantitative estimate of drug-likeness (QED) is 0.164. The second-order valence-corrected chi connectivity index (χ2v) is 21.2. The Kier molecular flexibility index (Phi) is 8.46. The minimum atomic E-state index is 0.903. The Morgan fingerprint density at radius 3 is 1.08 bits per heavy atom. The number of benzene rings is 14. The zero-order chi connectivity index (χ0) is 48.9. The van der Waals surface area contributed by atoms with Crippen LogP contribution in [-0.4, -0.2) is 0 Å². The Morgan fingerprint density at radius 1 is 0.240 bits per heavy atom. The van der Waals surface area contributed by atoms with Gasteiger partial charge in [-0.05, 0) is 135 Å². The molecule has 0 spiro atoms. The Morgan fingerprint density at radius 2 is 0.613 bits per heavy atom. The molecule has 0 bridgehead atoms. The Hall–Kier alpha value is -9.54. The number of thiophene rings is 1. The van der Waals surface area contributed by atoms with Crippen LogP contribution in [0.2, 0.25) is 0 Å². The highest BCUT2D eigenvalue weighted by molar-refractivity contribution is 7.26. The van der Waals surface area contributed by atoms with Gasteiger partial charge < -0.3 is 8.83 Å². The van der Waals surface area contributed by atoms with Crippen LogP contribution in [0.25, 0.3) is 173 Å². The van der Waals surface area contributed by atoms with Crippen molar-refractivity contribution in [1.82, 2.24) is 0 Å². The third-order valence-electron chi connectivity index (χ3n) is 16.2. The second-order valence-electron chi connectivity index (χ2n) is 20.1. The molecule has 0 amide bonds. The summed E-state index contributed by atoms with van der Waals surface area (Å²) >= 11 is 1.91. The smallest absolute Gasteiger partial charge is 0.143 e. The van der Waals surface area contributed by atoms with Gasteiger partial charge in [-0.1, -0.05) is 200 Å². The fraction of sp³-hybridized carbons (Fsp3) is 0. The van der Waals surface area contributed by atoms with Crippen LogP contribution >= 0.6 is 11.3 Å². The highest BCUT2D eigenvalue weighted by Gasteiger charge is 2.23. The van der Waals surface area contributed by atoms with Crippen molar-refractivity contribution >= 4 is 140 Å². The molecule has 2 nitrogen and oxygen atoms in total. The van der Waals surface area contributed by atoms with Gasteiger partial charge in [-0.25, -0.2) is 0 Å². The van der Waals surface area contributed by atoms with E-state index in [4.69, 9.17) is 8.83 Å². The summed E-state index contributed by atoms with van der Waals surface area (Å²) in [6.07, 6.45) is 0. The molecule has 346 valence electrons. The van der Waals surface area contributed by atoms with Crippen molar-refractivity contribution < 1.29 is 8.83 Å². The van der Waals surface area contributed by atoms with Crippen LogP contribution in [0.4, 0.5) is 0 Å². The van der Waals surface area contributed by atoms with Crippen LogP contribution in [0.5, 0.6) is 0 Å². The van der Waals surface area contributed by atoms with Crippen LogP contribution in [0.1, 0.15) is 0 Å². The first-order chi connectivity index (χ1) is 37.2. The first-order valence-electron chi connectivity index (χ1n) is 25.7. The molecule has 0 saturated carbocycles. The number of furan rings is 2. The van der Waals surface area contributed by atoms with E-state index in [1.807, 2.05) is 11.3 Å². The van der Waals surface area contributed by atoms with Crippen molar-refractivity contribution in [2.24, 2.45) is 0 Å². The molecule has 0 N–H and O–H groups in total. The van der Waals surface area contributed by atoms with E-state index in [-0.39, 0.29) is 0 Å². The third-order valence-corrected chi connectivity index (χ3v) is 17.4. The molecule has 3 heteroatoms. The Labute approximate surface area is 433 Å². The molecule has 17 aromatic rings. The molecule has 0 fully saturated rings. The SMILES string of the molecule is c1ccc2c(c1)ccc1c3cc(-c4c5ccccc5c(-c5ccc6c(c5)sc5c(-c7c8ccccc8c(-c8ccc9oc%10c%11ccccc%11ccc%10c9c8)c8ccccc78)cccc56)c5ccccc45)ccc3oc21. The fourth-order valence-electron chi connectivity index (χ4n) is 13.0. The Balaban J connectivity index is 0.841. The standard InChI is InChI=1S/C72H40O2S/c1-3-16-46-41(14-1)28-34-57-61-38-43(31-36-63(61)73-70(46)57)66-49-18-5-7-20-51(49)68(52-21-8-6-19-50(52)66)45-30-33-48-59-26-13-27-60(72(59)75-65(48)40-45)69-55-24-11-9-22-53(55)67(54-23-10-12-25-56(54)69)44-32-37-64-62(39-44)58-35-29-42-15-2-4-17-47(42)71(58)74-64/h1-40H. The molecule has 14 aromatic carbocycles. The molecule has 0 aliphatic carbocycles. The van der Waals surface area contributed by atoms with E-state index in [1.165, 1.54) is 119 Å². The molecule has 0 aliphatic heterocycles. The fourth-order valence-corrected chi connectivity index (χ4v) is 14.2. The number of fused-ring (bicyclic) bond motifs is 17. The highest BCUT2D eigenvalue weighted by atomic mass is 32.1. The van der Waals surface area contributed by atoms with Gasteiger partial charge in [-0.2, -0.15) is 0 Å². The van der Waals surface area contributed by atoms with Gasteiger partial charge in [0.2, 0.25) is 0 Å². The van der Waals surface area contributed by atoms with E-state index in [2.05, 4.69) is 243 Å². The zero-order valence-corrected chi connectivity index (χ0v) is 41.1. The van der Waals surface area contributed by atoms with E-state index < -0.39 is 0 Å². The average molecular weight is 969 g/mol. The van der Waals surface area contributed by atoms with Crippen molar-refractivity contribution in [2.45, 2.75) is 0 Å². The lowest BCUT2D eigenvalue weighted by Gasteiger charge is -2.18. The lowest BCUT2D eigenvalue weighted by atomic mass is 9.85. The van der Waals surface area contributed by atoms with Gasteiger partial charge in [0.25, 0.3) is 0 Å². The van der Waals surface area contributed by atoms with E-state index in [0.29, 0.717) is 0 Å². The first-order valence-corrected chi connectivity index (χ1v) is 26.5. The van der Waals surface area contributed by atoms with Crippen molar-refractivity contribution in [1.29, 1.82) is 0 Å². The molecule has 3 heterocycles. The predicted molar refractivity (Wildman–Crippen MR) is 321 cm³/mol. The third kappa shape index (κ3) is 5.84. The van der Waals surface area contributed by atoms with E-state index in [9.17, 15) is 0 Å². The number of hydrogen-bond donors (Lipinski definition) is 0. The molecule has 0 atom stereocenters. The van der Waals surface area contributed by atoms with Crippen molar-refractivity contribution in [3.63, 3.8) is 0 Å². The van der Waals surface area contributed by atoms with Crippen molar-refractivity contribution in [2.75, 3.05) is 0 Å². The lowest BCUT2D eigenvalue weighted by Crippen LogP contribution is -1.91. The van der Waals surface area contributed by atoms with E-state index in [1.54, 1.807) is 0 Å². The lowest BCUT2D eigenvalue weighted by molar-refractivity contribution is 0.672. The summed E-state index contributed by atoms with van der Waals surface area (Å²) < 4.78 is 15.8. The van der Waals surface area contributed by atoms with Crippen LogP contribution in [-0.2, 0) is 0 Å². The molecule has 0 saturated heterocycles. The summed E-state index contributed by atoms with van der Waals surface area (Å²) in [6, 6.07) is 89.3. The first kappa shape index (κ1) is 41.0. The van der Waals surface area contributed by atoms with E-state index >= 15 is 0 Å². The predicted octanol–water partition coefficient (Wildman–Crippen LogP) is 21.4. The van der Waals surface area contributed by atoms with Crippen LogP contribution in [0.3, 0.4) is 0 Å². The Bertz CT molecular complexity index is 5200. The molecule has 0 aliphatic rings. The summed E-state index contributed by atoms with van der Waals surface area (Å²) in [7, 11) is 0. The number of rotatable bonds is 4. The van der Waals surface area contributed by atoms with Gasteiger partial charge in [0.15, 0.2) is 0 Å². The normalized spacial score (nSPS) is 12.3. The number of hydrogen-bond acceptors (Lipinski definition) is 3. The minimum absolute atomic E-state index is 0.903. The van der Waals surface area contributed by atoms with Gasteiger partial charge >= 0.3 is 0 Å². The van der Waals surface area contributed by atoms with Crippen LogP contribution < -0.4 is 0 Å². The highest BCUT2D eigenvalue weighted by Crippen LogP contribution is 2.51. The van der Waals surface area contributed by atoms with E-state index in [0.717, 1.165) is 54.6 Å². The van der Waals surface area contributed by atoms with Gasteiger partial charge in [0, 0.05) is 58.1 Å². The maximum Gasteiger partial charge on any atom is 0.143 e. The average Bonchev–Trinajstić information content (AvgIpc) is 4.20. The molecule has 17 rings (SSSR count). The summed E-state index contributed by atoms with van der Waals surface area (Å²) in [4.78, 5) is 0. The van der Waals surface area contributed by atoms with Crippen molar-refractivity contribution in [3.05, 3.63) is 243 Å². The summed E-state index contributed by atoms with van der Waals surface area (Å²) in [5.41, 5.74) is 13.5. The monoisotopic (exact) mass is 968 g/mol. The largest absolute Gasteiger partial charge is 0.455 e.